The number of nitro benzene ring substituents is 1. The molecule has 1 unspecified atom stereocenters. The number of anilines is 1. The second-order valence-corrected chi connectivity index (χ2v) is 13.5. The van der Waals surface area contributed by atoms with E-state index < -0.39 is 55.5 Å². The maximum absolute atomic E-state index is 14.3. The number of benzene rings is 3. The first kappa shape index (κ1) is 34.3. The topological polar surface area (TPSA) is 139 Å². The Labute approximate surface area is 263 Å². The Morgan fingerprint density at radius 2 is 1.73 bits per heavy atom. The molecule has 2 amide bonds. The molecule has 0 aliphatic rings. The third-order valence-corrected chi connectivity index (χ3v) is 8.72. The van der Waals surface area contributed by atoms with Gasteiger partial charge in [-0.15, -0.1) is 0 Å². The van der Waals surface area contributed by atoms with E-state index in [-0.39, 0.29) is 35.0 Å². The van der Waals surface area contributed by atoms with Crippen molar-refractivity contribution in [2.75, 3.05) is 18.0 Å². The van der Waals surface area contributed by atoms with E-state index in [9.17, 15) is 28.1 Å². The smallest absolute Gasteiger partial charge is 0.273 e. The Morgan fingerprint density at radius 1 is 1.07 bits per heavy atom. The van der Waals surface area contributed by atoms with Gasteiger partial charge in [-0.1, -0.05) is 54.9 Å². The van der Waals surface area contributed by atoms with Gasteiger partial charge in [-0.3, -0.25) is 24.0 Å². The van der Waals surface area contributed by atoms with E-state index in [1.807, 2.05) is 26.8 Å². The number of carbonyl (C=O) groups is 2. The largest absolute Gasteiger partial charge is 0.495 e. The fourth-order valence-corrected chi connectivity index (χ4v) is 6.20. The van der Waals surface area contributed by atoms with Crippen LogP contribution >= 0.6 is 11.6 Å². The zero-order chi connectivity index (χ0) is 32.8. The summed E-state index contributed by atoms with van der Waals surface area (Å²) in [4.78, 5) is 39.6. The third kappa shape index (κ3) is 8.26. The zero-order valence-electron chi connectivity index (χ0n) is 25.5. The van der Waals surface area contributed by atoms with E-state index in [0.717, 1.165) is 15.9 Å². The molecule has 0 aliphatic heterocycles. The Morgan fingerprint density at radius 3 is 2.30 bits per heavy atom. The minimum atomic E-state index is -4.62. The Kier molecular flexibility index (Phi) is 11.0. The van der Waals surface area contributed by atoms with Gasteiger partial charge in [0.1, 0.15) is 18.3 Å². The van der Waals surface area contributed by atoms with Crippen molar-refractivity contribution in [3.63, 3.8) is 0 Å². The maximum atomic E-state index is 14.3. The van der Waals surface area contributed by atoms with Gasteiger partial charge in [0.15, 0.2) is 0 Å². The first-order valence-electron chi connectivity index (χ1n) is 13.9. The van der Waals surface area contributed by atoms with E-state index in [4.69, 9.17) is 16.3 Å². The van der Waals surface area contributed by atoms with Gasteiger partial charge < -0.3 is 15.0 Å². The summed E-state index contributed by atoms with van der Waals surface area (Å²) in [6.45, 7) is 7.98. The third-order valence-electron chi connectivity index (χ3n) is 6.73. The highest BCUT2D eigenvalue weighted by molar-refractivity contribution is 7.92. The molecule has 3 rings (SSSR count). The second kappa shape index (κ2) is 14.1. The number of nitro groups is 1. The van der Waals surface area contributed by atoms with Crippen molar-refractivity contribution in [2.24, 2.45) is 0 Å². The van der Waals surface area contributed by atoms with Crippen LogP contribution in [0.4, 0.5) is 11.4 Å². The van der Waals surface area contributed by atoms with E-state index in [2.05, 4.69) is 5.32 Å². The normalized spacial score (nSPS) is 12.2. The minimum absolute atomic E-state index is 0.0202. The van der Waals surface area contributed by atoms with Crippen LogP contribution in [-0.4, -0.2) is 55.3 Å². The summed E-state index contributed by atoms with van der Waals surface area (Å²) < 4.78 is 34.7. The fraction of sp³-hybridized carbons (Fsp3) is 0.355. The molecule has 1 atom stereocenters. The van der Waals surface area contributed by atoms with Crippen LogP contribution < -0.4 is 14.4 Å². The molecule has 236 valence electrons. The van der Waals surface area contributed by atoms with Crippen molar-refractivity contribution < 1.29 is 27.7 Å². The average molecular weight is 645 g/mol. The summed E-state index contributed by atoms with van der Waals surface area (Å²) in [6.07, 6.45) is 0.248. The van der Waals surface area contributed by atoms with Crippen LogP contribution in [0.2, 0.25) is 5.02 Å². The number of carbonyl (C=O) groups excluding carboxylic acids is 2. The van der Waals surface area contributed by atoms with Crippen molar-refractivity contribution >= 4 is 44.8 Å². The van der Waals surface area contributed by atoms with Gasteiger partial charge >= 0.3 is 0 Å². The number of amides is 2. The summed E-state index contributed by atoms with van der Waals surface area (Å²) in [5, 5.41) is 14.7. The fourth-order valence-electron chi connectivity index (χ4n) is 4.60. The molecule has 0 saturated heterocycles. The SMILES string of the molecule is CCC(C(=O)NC(C)(C)C)N(Cc1ccccc1)C(=O)CN(c1cc(Cl)ccc1OC)S(=O)(=O)c1ccc(C)c([N+](=O)[O-])c1. The van der Waals surface area contributed by atoms with Gasteiger partial charge in [-0.25, -0.2) is 8.42 Å². The molecule has 3 aromatic carbocycles. The summed E-state index contributed by atoms with van der Waals surface area (Å²) in [6, 6.07) is 15.9. The number of aryl methyl sites for hydroxylation is 1. The average Bonchev–Trinajstić information content (AvgIpc) is 2.95. The van der Waals surface area contributed by atoms with Crippen molar-refractivity contribution in [3.8, 4) is 5.75 Å². The molecule has 0 radical (unpaired) electrons. The van der Waals surface area contributed by atoms with Crippen LogP contribution in [0.5, 0.6) is 5.75 Å². The van der Waals surface area contributed by atoms with Crippen molar-refractivity contribution in [2.45, 2.75) is 64.1 Å². The lowest BCUT2D eigenvalue weighted by Gasteiger charge is -2.35. The molecule has 0 heterocycles. The van der Waals surface area contributed by atoms with E-state index in [1.165, 1.54) is 49.3 Å². The van der Waals surface area contributed by atoms with Gasteiger partial charge in [-0.05, 0) is 63.9 Å². The molecular weight excluding hydrogens is 608 g/mol. The zero-order valence-corrected chi connectivity index (χ0v) is 27.1. The Bertz CT molecular complexity index is 1630. The first-order chi connectivity index (χ1) is 20.6. The van der Waals surface area contributed by atoms with Crippen LogP contribution in [0.3, 0.4) is 0 Å². The predicted octanol–water partition coefficient (Wildman–Crippen LogP) is 5.48. The Hall–Kier alpha value is -4.16. The molecule has 13 heteroatoms. The lowest BCUT2D eigenvalue weighted by Crippen LogP contribution is -2.55. The van der Waals surface area contributed by atoms with Crippen molar-refractivity contribution in [3.05, 3.63) is 93.0 Å². The second-order valence-electron chi connectivity index (χ2n) is 11.2. The molecule has 0 aliphatic carbocycles. The molecular formula is C31H37ClN4O7S. The number of halogens is 1. The van der Waals surface area contributed by atoms with Crippen LogP contribution in [0.25, 0.3) is 0 Å². The number of ether oxygens (including phenoxy) is 1. The highest BCUT2D eigenvalue weighted by Gasteiger charge is 2.36. The minimum Gasteiger partial charge on any atom is -0.495 e. The highest BCUT2D eigenvalue weighted by atomic mass is 35.5. The van der Waals surface area contributed by atoms with Crippen LogP contribution in [-0.2, 0) is 26.2 Å². The number of nitrogens with zero attached hydrogens (tertiary/aromatic N) is 3. The summed E-state index contributed by atoms with van der Waals surface area (Å²) in [7, 11) is -3.28. The standard InChI is InChI=1S/C31H37ClN4O7S/c1-7-25(30(38)33-31(3,4)5)34(19-22-11-9-8-10-12-22)29(37)20-35(27-17-23(32)14-16-28(27)43-6)44(41,42)24-15-13-21(2)26(18-24)36(39)40/h8-18,25H,7,19-20H2,1-6H3,(H,33,38). The number of methoxy groups -OCH3 is 1. The first-order valence-corrected chi connectivity index (χ1v) is 15.7. The molecule has 0 aromatic heterocycles. The monoisotopic (exact) mass is 644 g/mol. The predicted molar refractivity (Wildman–Crippen MR) is 169 cm³/mol. The molecule has 11 nitrogen and oxygen atoms in total. The number of hydrogen-bond acceptors (Lipinski definition) is 7. The summed E-state index contributed by atoms with van der Waals surface area (Å²) in [5.41, 5.74) is -0.0434. The molecule has 1 N–H and O–H groups in total. The van der Waals surface area contributed by atoms with Crippen LogP contribution in [0.1, 0.15) is 45.2 Å². The van der Waals surface area contributed by atoms with E-state index in [1.54, 1.807) is 31.2 Å². The Balaban J connectivity index is 2.19. The highest BCUT2D eigenvalue weighted by Crippen LogP contribution is 2.36. The number of hydrogen-bond donors (Lipinski definition) is 1. The number of nitrogens with one attached hydrogen (secondary N) is 1. The quantitative estimate of drug-likeness (QED) is 0.203. The molecule has 0 bridgehead atoms. The van der Waals surface area contributed by atoms with E-state index in [0.29, 0.717) is 0 Å². The lowest BCUT2D eigenvalue weighted by molar-refractivity contribution is -0.385. The van der Waals surface area contributed by atoms with Crippen molar-refractivity contribution in [1.82, 2.24) is 10.2 Å². The van der Waals surface area contributed by atoms with Crippen LogP contribution in [0, 0.1) is 17.0 Å². The van der Waals surface area contributed by atoms with Gasteiger partial charge in [0.05, 0.1) is 22.6 Å². The summed E-state index contributed by atoms with van der Waals surface area (Å²) >= 11 is 6.27. The molecule has 0 fully saturated rings. The van der Waals surface area contributed by atoms with Gasteiger partial charge in [0.25, 0.3) is 15.7 Å². The molecule has 0 saturated carbocycles. The van der Waals surface area contributed by atoms with Gasteiger partial charge in [-0.2, -0.15) is 0 Å². The number of sulfonamides is 1. The van der Waals surface area contributed by atoms with E-state index >= 15 is 0 Å². The molecule has 0 spiro atoms. The molecule has 3 aromatic rings. The lowest BCUT2D eigenvalue weighted by atomic mass is 10.1. The molecule has 44 heavy (non-hydrogen) atoms. The van der Waals surface area contributed by atoms with Crippen LogP contribution in [0.15, 0.2) is 71.6 Å². The number of rotatable bonds is 12. The van der Waals surface area contributed by atoms with Crippen molar-refractivity contribution in [1.29, 1.82) is 0 Å². The van der Waals surface area contributed by atoms with Gasteiger partial charge in [0, 0.05) is 28.7 Å². The van der Waals surface area contributed by atoms with Gasteiger partial charge in [0.2, 0.25) is 11.8 Å². The summed E-state index contributed by atoms with van der Waals surface area (Å²) in [5.74, 6) is -0.982. The maximum Gasteiger partial charge on any atom is 0.273 e.